The van der Waals surface area contributed by atoms with Gasteiger partial charge in [0.1, 0.15) is 36.3 Å². The molecule has 1 heterocycles. The van der Waals surface area contributed by atoms with Crippen LogP contribution in [-0.2, 0) is 11.2 Å². The van der Waals surface area contributed by atoms with E-state index in [1.807, 2.05) is 37.3 Å². The molecule has 3 rings (SSSR count). The van der Waals surface area contributed by atoms with Crippen LogP contribution in [-0.4, -0.2) is 70.8 Å². The number of hydrazone groups is 1. The molecule has 1 saturated heterocycles. The van der Waals surface area contributed by atoms with Gasteiger partial charge in [0.05, 0.1) is 26.0 Å². The Morgan fingerprint density at radius 3 is 2.53 bits per heavy atom. The van der Waals surface area contributed by atoms with E-state index in [1.165, 1.54) is 6.21 Å². The zero-order valence-corrected chi connectivity index (χ0v) is 18.5. The van der Waals surface area contributed by atoms with E-state index < -0.39 is 30.5 Å². The predicted octanol–water partition coefficient (Wildman–Crippen LogP) is 1.42. The lowest BCUT2D eigenvalue weighted by Crippen LogP contribution is -2.54. The molecule has 32 heavy (non-hydrogen) atoms. The first-order valence-corrected chi connectivity index (χ1v) is 10.9. The molecule has 1 aliphatic heterocycles. The van der Waals surface area contributed by atoms with Crippen molar-refractivity contribution in [1.82, 2.24) is 5.43 Å². The Hall–Kier alpha value is -2.20. The summed E-state index contributed by atoms with van der Waals surface area (Å²) >= 11 is 6.41. The van der Waals surface area contributed by atoms with Crippen LogP contribution in [0.15, 0.2) is 47.6 Å². The number of nitrogens with one attached hydrogen (secondary N) is 1. The van der Waals surface area contributed by atoms with Crippen LogP contribution in [0.5, 0.6) is 5.75 Å². The van der Waals surface area contributed by atoms with Crippen LogP contribution in [0, 0.1) is 0 Å². The van der Waals surface area contributed by atoms with Crippen molar-refractivity contribution in [3.8, 4) is 5.75 Å². The molecular weight excluding hydrogens is 436 g/mol. The fourth-order valence-corrected chi connectivity index (χ4v) is 3.73. The molecule has 5 atom stereocenters. The average molecular weight is 465 g/mol. The van der Waals surface area contributed by atoms with Gasteiger partial charge in [-0.15, -0.1) is 0 Å². The lowest BCUT2D eigenvalue weighted by atomic mass is 9.90. The maximum Gasteiger partial charge on any atom is 0.124 e. The lowest BCUT2D eigenvalue weighted by Gasteiger charge is -2.39. The largest absolute Gasteiger partial charge is 0.494 e. The van der Waals surface area contributed by atoms with Gasteiger partial charge in [-0.2, -0.15) is 5.10 Å². The Kier molecular flexibility index (Phi) is 8.86. The summed E-state index contributed by atoms with van der Waals surface area (Å²) in [5.41, 5.74) is 5.09. The number of nitrogens with zero attached hydrogens (tertiary/aromatic N) is 1. The first-order valence-electron chi connectivity index (χ1n) is 10.5. The van der Waals surface area contributed by atoms with Crippen LogP contribution in [0.4, 0.5) is 0 Å². The first kappa shape index (κ1) is 24.4. The second-order valence-corrected chi connectivity index (χ2v) is 7.91. The van der Waals surface area contributed by atoms with Crippen molar-refractivity contribution in [2.75, 3.05) is 19.8 Å². The summed E-state index contributed by atoms with van der Waals surface area (Å²) in [7, 11) is 0. The highest BCUT2D eigenvalue weighted by molar-refractivity contribution is 6.31. The number of benzene rings is 2. The normalized spacial score (nSPS) is 25.8. The first-order chi connectivity index (χ1) is 15.4. The summed E-state index contributed by atoms with van der Waals surface area (Å²) in [6, 6.07) is 13.0. The minimum atomic E-state index is -1.42. The van der Waals surface area contributed by atoms with Gasteiger partial charge in [-0.25, -0.2) is 0 Å². The summed E-state index contributed by atoms with van der Waals surface area (Å²) < 4.78 is 11.3. The van der Waals surface area contributed by atoms with E-state index >= 15 is 0 Å². The molecule has 0 bridgehead atoms. The maximum atomic E-state index is 10.5. The van der Waals surface area contributed by atoms with Crippen LogP contribution >= 0.6 is 11.6 Å². The molecule has 1 aliphatic rings. The van der Waals surface area contributed by atoms with E-state index in [-0.39, 0.29) is 13.2 Å². The van der Waals surface area contributed by atoms with Gasteiger partial charge in [0, 0.05) is 5.02 Å². The molecule has 5 N–H and O–H groups in total. The quantitative estimate of drug-likeness (QED) is 0.216. The Labute approximate surface area is 192 Å². The molecule has 0 unspecified atom stereocenters. The summed E-state index contributed by atoms with van der Waals surface area (Å²) in [5.74, 6) is 0.795. The van der Waals surface area contributed by atoms with Crippen molar-refractivity contribution in [2.24, 2.45) is 5.10 Å². The number of hydrogen-bond donors (Lipinski definition) is 5. The number of ether oxygens (including phenoxy) is 2. The van der Waals surface area contributed by atoms with Crippen molar-refractivity contribution in [1.29, 1.82) is 0 Å². The second-order valence-electron chi connectivity index (χ2n) is 7.51. The van der Waals surface area contributed by atoms with Gasteiger partial charge in [-0.1, -0.05) is 35.9 Å². The number of rotatable bonds is 9. The molecule has 2 aromatic carbocycles. The van der Waals surface area contributed by atoms with Crippen LogP contribution in [0.1, 0.15) is 29.7 Å². The summed E-state index contributed by atoms with van der Waals surface area (Å²) in [4.78, 5) is 0. The van der Waals surface area contributed by atoms with E-state index in [2.05, 4.69) is 10.5 Å². The van der Waals surface area contributed by atoms with Gasteiger partial charge in [0.2, 0.25) is 0 Å². The molecule has 0 aromatic heterocycles. The summed E-state index contributed by atoms with van der Waals surface area (Å²) in [6.07, 6.45) is -4.08. The minimum Gasteiger partial charge on any atom is -0.494 e. The van der Waals surface area contributed by atoms with E-state index in [0.717, 1.165) is 16.9 Å². The number of halogens is 1. The SMILES string of the molecule is CCOc1ccc(Cc2cc([C@@H]3O[C@H](/C=N/NCCO)[C@@H](O)[C@H](O)[C@H]3O)ccc2Cl)cc1. The monoisotopic (exact) mass is 464 g/mol. The highest BCUT2D eigenvalue weighted by Gasteiger charge is 2.43. The Balaban J connectivity index is 1.79. The van der Waals surface area contributed by atoms with E-state index in [0.29, 0.717) is 23.6 Å². The van der Waals surface area contributed by atoms with Gasteiger partial charge in [0.25, 0.3) is 0 Å². The molecule has 0 radical (unpaired) electrons. The van der Waals surface area contributed by atoms with Crippen molar-refractivity contribution in [3.63, 3.8) is 0 Å². The maximum absolute atomic E-state index is 10.5. The number of aliphatic hydroxyl groups excluding tert-OH is 4. The standard InChI is InChI=1S/C23H29ClN2O6/c1-2-31-17-6-3-14(4-7-17)11-16-12-15(5-8-18(16)24)23-22(30)21(29)20(28)19(32-23)13-26-25-9-10-27/h3-8,12-13,19-23,25,27-30H,2,9-11H2,1H3/b26-13+/t19-,20-,21+,22-,23+/m1/s1. The lowest BCUT2D eigenvalue weighted by molar-refractivity contribution is -0.205. The summed E-state index contributed by atoms with van der Waals surface area (Å²) in [5, 5.41) is 44.4. The van der Waals surface area contributed by atoms with Crippen LogP contribution in [0.3, 0.4) is 0 Å². The molecule has 9 heteroatoms. The number of hydrogen-bond acceptors (Lipinski definition) is 8. The molecule has 0 saturated carbocycles. The van der Waals surface area contributed by atoms with Crippen molar-refractivity contribution in [2.45, 2.75) is 43.9 Å². The fourth-order valence-electron chi connectivity index (χ4n) is 3.54. The van der Waals surface area contributed by atoms with Crippen LogP contribution < -0.4 is 10.2 Å². The smallest absolute Gasteiger partial charge is 0.124 e. The zero-order chi connectivity index (χ0) is 23.1. The van der Waals surface area contributed by atoms with Crippen molar-refractivity contribution >= 4 is 17.8 Å². The highest BCUT2D eigenvalue weighted by atomic mass is 35.5. The average Bonchev–Trinajstić information content (AvgIpc) is 2.79. The molecule has 8 nitrogen and oxygen atoms in total. The Morgan fingerprint density at radius 1 is 1.09 bits per heavy atom. The van der Waals surface area contributed by atoms with Gasteiger partial charge in [-0.05, 0) is 48.2 Å². The van der Waals surface area contributed by atoms with Gasteiger partial charge >= 0.3 is 0 Å². The molecule has 1 fully saturated rings. The Bertz CT molecular complexity index is 895. The second kappa shape index (κ2) is 11.6. The van der Waals surface area contributed by atoms with Gasteiger partial charge in [0.15, 0.2) is 0 Å². The number of aliphatic hydroxyl groups is 4. The molecule has 2 aromatic rings. The molecule has 0 spiro atoms. The molecule has 0 amide bonds. The molecule has 174 valence electrons. The van der Waals surface area contributed by atoms with E-state index in [1.54, 1.807) is 12.1 Å². The predicted molar refractivity (Wildman–Crippen MR) is 121 cm³/mol. The molecule has 0 aliphatic carbocycles. The third-order valence-electron chi connectivity index (χ3n) is 5.21. The van der Waals surface area contributed by atoms with Gasteiger partial charge in [-0.3, -0.25) is 0 Å². The van der Waals surface area contributed by atoms with E-state index in [4.69, 9.17) is 26.2 Å². The Morgan fingerprint density at radius 2 is 1.84 bits per heavy atom. The summed E-state index contributed by atoms with van der Waals surface area (Å²) in [6.45, 7) is 2.66. The van der Waals surface area contributed by atoms with Crippen molar-refractivity contribution < 1.29 is 29.9 Å². The van der Waals surface area contributed by atoms with E-state index in [9.17, 15) is 15.3 Å². The fraction of sp³-hybridized carbons (Fsp3) is 0.435. The third-order valence-corrected chi connectivity index (χ3v) is 5.58. The van der Waals surface area contributed by atoms with Crippen molar-refractivity contribution in [3.05, 3.63) is 64.2 Å². The van der Waals surface area contributed by atoms with Crippen LogP contribution in [0.25, 0.3) is 0 Å². The highest BCUT2D eigenvalue weighted by Crippen LogP contribution is 2.34. The topological polar surface area (TPSA) is 124 Å². The zero-order valence-electron chi connectivity index (χ0n) is 17.8. The van der Waals surface area contributed by atoms with Crippen LogP contribution in [0.2, 0.25) is 5.02 Å². The minimum absolute atomic E-state index is 0.0999. The molecular formula is C23H29ClN2O6. The third kappa shape index (κ3) is 5.98. The van der Waals surface area contributed by atoms with Gasteiger partial charge < -0.3 is 35.3 Å².